The van der Waals surface area contributed by atoms with Gasteiger partial charge in [-0.2, -0.15) is 0 Å². The molecule has 0 saturated heterocycles. The number of nitrogens with one attached hydrogen (secondary N) is 1. The first-order valence-electron chi connectivity index (χ1n) is 8.94. The Labute approximate surface area is 159 Å². The zero-order valence-electron chi connectivity index (χ0n) is 15.6. The number of sulfonamides is 1. The summed E-state index contributed by atoms with van der Waals surface area (Å²) in [6, 6.07) is 10.6. The predicted octanol–water partition coefficient (Wildman–Crippen LogP) is 3.42. The van der Waals surface area contributed by atoms with Crippen molar-refractivity contribution < 1.29 is 17.6 Å². The van der Waals surface area contributed by atoms with Crippen LogP contribution in [0.5, 0.6) is 0 Å². The van der Waals surface area contributed by atoms with Crippen LogP contribution in [0.2, 0.25) is 0 Å². The predicted molar refractivity (Wildman–Crippen MR) is 104 cm³/mol. The van der Waals surface area contributed by atoms with Crippen LogP contribution in [0, 0.1) is 5.82 Å². The number of hydrogen-bond acceptors (Lipinski definition) is 3. The second-order valence-electron chi connectivity index (χ2n) is 6.84. The first-order valence-corrected chi connectivity index (χ1v) is 10.5. The second-order valence-corrected chi connectivity index (χ2v) is 8.97. The molecule has 2 atom stereocenters. The van der Waals surface area contributed by atoms with Crippen LogP contribution < -0.4 is 9.62 Å². The van der Waals surface area contributed by atoms with E-state index in [1.165, 1.54) is 16.4 Å². The molecule has 27 heavy (non-hydrogen) atoms. The van der Waals surface area contributed by atoms with Crippen molar-refractivity contribution in [3.8, 4) is 0 Å². The minimum absolute atomic E-state index is 0.0359. The molecule has 3 rings (SSSR count). The second kappa shape index (κ2) is 7.31. The standard InChI is InChI=1S/C20H23FN2O3S/c1-4-27(25,26)23-13(2)11-17-12-16(7-10-19(17)23)20(24)22-14(3)15-5-8-18(21)9-6-15/h5-10,12-14H,4,11H2,1-3H3,(H,22,24)/t13-,14-/m1/s1. The quantitative estimate of drug-likeness (QED) is 0.851. The fraction of sp³-hybridized carbons (Fsp3) is 0.350. The number of fused-ring (bicyclic) bond motifs is 1. The molecule has 2 aromatic carbocycles. The molecule has 0 saturated carbocycles. The maximum atomic E-state index is 13.0. The molecule has 0 radical (unpaired) electrons. The molecule has 1 aliphatic heterocycles. The van der Waals surface area contributed by atoms with Crippen molar-refractivity contribution >= 4 is 21.6 Å². The minimum atomic E-state index is -3.35. The third kappa shape index (κ3) is 3.83. The van der Waals surface area contributed by atoms with Crippen molar-refractivity contribution in [3.63, 3.8) is 0 Å². The van der Waals surface area contributed by atoms with Crippen molar-refractivity contribution in [1.82, 2.24) is 5.32 Å². The Morgan fingerprint density at radius 1 is 1.26 bits per heavy atom. The number of benzene rings is 2. The fourth-order valence-corrected chi connectivity index (χ4v) is 4.80. The highest BCUT2D eigenvalue weighted by molar-refractivity contribution is 7.92. The minimum Gasteiger partial charge on any atom is -0.346 e. The maximum Gasteiger partial charge on any atom is 0.251 e. The first kappa shape index (κ1) is 19.4. The van der Waals surface area contributed by atoms with E-state index in [9.17, 15) is 17.6 Å². The van der Waals surface area contributed by atoms with E-state index in [-0.39, 0.29) is 29.6 Å². The molecule has 0 bridgehead atoms. The molecule has 0 aliphatic carbocycles. The average Bonchev–Trinajstić information content (AvgIpc) is 2.97. The van der Waals surface area contributed by atoms with Gasteiger partial charge in [-0.05, 0) is 68.7 Å². The third-order valence-corrected chi connectivity index (χ3v) is 6.76. The number of carbonyl (C=O) groups excluding carboxylic acids is 1. The Kier molecular flexibility index (Phi) is 5.24. The Bertz CT molecular complexity index is 958. The molecule has 2 aromatic rings. The Balaban J connectivity index is 1.80. The molecule has 0 spiro atoms. The van der Waals surface area contributed by atoms with Crippen LogP contribution in [0.3, 0.4) is 0 Å². The first-order chi connectivity index (χ1) is 12.7. The number of carbonyl (C=O) groups is 1. The van der Waals surface area contributed by atoms with Gasteiger partial charge in [-0.15, -0.1) is 0 Å². The van der Waals surface area contributed by atoms with Gasteiger partial charge in [0.15, 0.2) is 0 Å². The molecule has 1 aliphatic rings. The van der Waals surface area contributed by atoms with Crippen molar-refractivity contribution in [3.05, 3.63) is 65.0 Å². The van der Waals surface area contributed by atoms with Gasteiger partial charge >= 0.3 is 0 Å². The van der Waals surface area contributed by atoms with E-state index >= 15 is 0 Å². The summed E-state index contributed by atoms with van der Waals surface area (Å²) in [5, 5.41) is 2.89. The van der Waals surface area contributed by atoms with Gasteiger partial charge in [-0.1, -0.05) is 12.1 Å². The van der Waals surface area contributed by atoms with Crippen LogP contribution in [0.25, 0.3) is 0 Å². The molecular formula is C20H23FN2O3S. The summed E-state index contributed by atoms with van der Waals surface area (Å²) < 4.78 is 39.2. The van der Waals surface area contributed by atoms with Gasteiger partial charge in [0.1, 0.15) is 5.82 Å². The summed E-state index contributed by atoms with van der Waals surface area (Å²) in [5.41, 5.74) is 2.78. The molecule has 0 fully saturated rings. The molecular weight excluding hydrogens is 367 g/mol. The fourth-order valence-electron chi connectivity index (χ4n) is 3.42. The Hall–Kier alpha value is -2.41. The highest BCUT2D eigenvalue weighted by atomic mass is 32.2. The van der Waals surface area contributed by atoms with Crippen LogP contribution in [0.15, 0.2) is 42.5 Å². The Morgan fingerprint density at radius 3 is 2.56 bits per heavy atom. The normalized spacial score (nSPS) is 17.5. The Morgan fingerprint density at radius 2 is 1.93 bits per heavy atom. The topological polar surface area (TPSA) is 66.5 Å². The third-order valence-electron chi connectivity index (χ3n) is 4.88. The largest absolute Gasteiger partial charge is 0.346 e. The highest BCUT2D eigenvalue weighted by Gasteiger charge is 2.34. The summed E-state index contributed by atoms with van der Waals surface area (Å²) in [6.07, 6.45) is 0.573. The lowest BCUT2D eigenvalue weighted by atomic mass is 10.0. The summed E-state index contributed by atoms with van der Waals surface area (Å²) >= 11 is 0. The molecule has 0 unspecified atom stereocenters. The van der Waals surface area contributed by atoms with Gasteiger partial charge in [0, 0.05) is 11.6 Å². The highest BCUT2D eigenvalue weighted by Crippen LogP contribution is 2.35. The summed E-state index contributed by atoms with van der Waals surface area (Å²) in [6.45, 7) is 5.32. The van der Waals surface area contributed by atoms with Gasteiger partial charge in [-0.25, -0.2) is 12.8 Å². The molecule has 1 amide bonds. The van der Waals surface area contributed by atoms with E-state index in [4.69, 9.17) is 0 Å². The number of rotatable bonds is 5. The lowest BCUT2D eigenvalue weighted by Gasteiger charge is -2.23. The van der Waals surface area contributed by atoms with Gasteiger partial charge < -0.3 is 5.32 Å². The smallest absolute Gasteiger partial charge is 0.251 e. The summed E-state index contributed by atoms with van der Waals surface area (Å²) in [5.74, 6) is -0.538. The van der Waals surface area contributed by atoms with E-state index < -0.39 is 10.0 Å². The van der Waals surface area contributed by atoms with Crippen LogP contribution in [0.4, 0.5) is 10.1 Å². The van der Waals surface area contributed by atoms with Gasteiger partial charge in [0.25, 0.3) is 5.91 Å². The van der Waals surface area contributed by atoms with E-state index in [2.05, 4.69) is 5.32 Å². The lowest BCUT2D eigenvalue weighted by molar-refractivity contribution is 0.0940. The zero-order chi connectivity index (χ0) is 19.8. The zero-order valence-corrected chi connectivity index (χ0v) is 16.4. The molecule has 7 heteroatoms. The molecule has 5 nitrogen and oxygen atoms in total. The summed E-state index contributed by atoms with van der Waals surface area (Å²) in [7, 11) is -3.35. The maximum absolute atomic E-state index is 13.0. The van der Waals surface area contributed by atoms with E-state index in [0.717, 1.165) is 11.1 Å². The van der Waals surface area contributed by atoms with Crippen molar-refractivity contribution in [2.75, 3.05) is 10.1 Å². The van der Waals surface area contributed by atoms with Crippen LogP contribution in [-0.4, -0.2) is 26.1 Å². The van der Waals surface area contributed by atoms with Gasteiger partial charge in [0.2, 0.25) is 10.0 Å². The monoisotopic (exact) mass is 390 g/mol. The molecule has 1 heterocycles. The number of nitrogens with zero attached hydrogens (tertiary/aromatic N) is 1. The molecule has 0 aromatic heterocycles. The van der Waals surface area contributed by atoms with Crippen molar-refractivity contribution in [2.45, 2.75) is 39.3 Å². The number of anilines is 1. The number of hydrogen-bond donors (Lipinski definition) is 1. The van der Waals surface area contributed by atoms with Crippen LogP contribution >= 0.6 is 0 Å². The molecule has 1 N–H and O–H groups in total. The lowest BCUT2D eigenvalue weighted by Crippen LogP contribution is -2.36. The van der Waals surface area contributed by atoms with Crippen LogP contribution in [0.1, 0.15) is 48.3 Å². The van der Waals surface area contributed by atoms with Gasteiger partial charge in [0.05, 0.1) is 17.5 Å². The number of amides is 1. The van der Waals surface area contributed by atoms with Crippen LogP contribution in [-0.2, 0) is 16.4 Å². The molecule has 144 valence electrons. The average molecular weight is 390 g/mol. The van der Waals surface area contributed by atoms with E-state index in [0.29, 0.717) is 17.7 Å². The van der Waals surface area contributed by atoms with E-state index in [1.54, 1.807) is 37.3 Å². The SMILES string of the molecule is CCS(=O)(=O)N1c2ccc(C(=O)N[C@H](C)c3ccc(F)cc3)cc2C[C@H]1C. The number of halogens is 1. The van der Waals surface area contributed by atoms with Crippen molar-refractivity contribution in [2.24, 2.45) is 0 Å². The van der Waals surface area contributed by atoms with Gasteiger partial charge in [-0.3, -0.25) is 9.10 Å². The summed E-state index contributed by atoms with van der Waals surface area (Å²) in [4.78, 5) is 12.6. The van der Waals surface area contributed by atoms with Crippen molar-refractivity contribution in [1.29, 1.82) is 0 Å². The van der Waals surface area contributed by atoms with E-state index in [1.807, 2.05) is 13.8 Å².